The third kappa shape index (κ3) is 3.42. The molecule has 0 aliphatic carbocycles. The monoisotopic (exact) mass is 358 g/mol. The molecule has 0 radical (unpaired) electrons. The molecule has 2 aromatic carbocycles. The molecule has 0 unspecified atom stereocenters. The number of carbonyl (C=O) groups is 1. The smallest absolute Gasteiger partial charge is 0.266 e. The fourth-order valence-electron chi connectivity index (χ4n) is 2.66. The molecular formula is C19H16ClFN2O2. The van der Waals surface area contributed by atoms with Crippen molar-refractivity contribution in [2.24, 2.45) is 0 Å². The lowest BCUT2D eigenvalue weighted by atomic mass is 9.97. The van der Waals surface area contributed by atoms with E-state index in [4.69, 9.17) is 16.3 Å². The molecular weight excluding hydrogens is 343 g/mol. The molecule has 0 aliphatic rings. The van der Waals surface area contributed by atoms with E-state index in [0.29, 0.717) is 23.3 Å². The third-order valence-electron chi connectivity index (χ3n) is 4.04. The molecule has 6 heteroatoms. The van der Waals surface area contributed by atoms with Crippen molar-refractivity contribution in [2.45, 2.75) is 13.3 Å². The Morgan fingerprint density at radius 2 is 2.12 bits per heavy atom. The summed E-state index contributed by atoms with van der Waals surface area (Å²) in [5.74, 6) is -0.240. The van der Waals surface area contributed by atoms with E-state index in [-0.39, 0.29) is 10.9 Å². The summed E-state index contributed by atoms with van der Waals surface area (Å²) in [5.41, 5.74) is 2.59. The SMILES string of the molecule is COc1cc(C)c(Cc2cccc(Cl)c2F)cc1C(=O)n1ccnc1. The highest BCUT2D eigenvalue weighted by Crippen LogP contribution is 2.28. The molecule has 0 atom stereocenters. The van der Waals surface area contributed by atoms with Gasteiger partial charge in [0.15, 0.2) is 0 Å². The second-order valence-electron chi connectivity index (χ2n) is 5.64. The number of hydrogen-bond acceptors (Lipinski definition) is 3. The van der Waals surface area contributed by atoms with Gasteiger partial charge in [-0.05, 0) is 41.8 Å². The quantitative estimate of drug-likeness (QED) is 0.699. The third-order valence-corrected chi connectivity index (χ3v) is 4.33. The molecule has 1 heterocycles. The molecule has 3 rings (SSSR count). The summed E-state index contributed by atoms with van der Waals surface area (Å²) in [6.45, 7) is 1.89. The van der Waals surface area contributed by atoms with Crippen LogP contribution in [0.15, 0.2) is 49.1 Å². The van der Waals surface area contributed by atoms with Crippen LogP contribution in [0.1, 0.15) is 27.0 Å². The van der Waals surface area contributed by atoms with E-state index < -0.39 is 5.82 Å². The molecule has 3 aromatic rings. The van der Waals surface area contributed by atoms with Gasteiger partial charge in [0.05, 0.1) is 17.7 Å². The predicted octanol–water partition coefficient (Wildman–Crippen LogP) is 4.27. The van der Waals surface area contributed by atoms with Crippen LogP contribution in [0, 0.1) is 12.7 Å². The largest absolute Gasteiger partial charge is 0.496 e. The van der Waals surface area contributed by atoms with Crippen LogP contribution in [0.25, 0.3) is 0 Å². The van der Waals surface area contributed by atoms with Crippen LogP contribution in [0.2, 0.25) is 5.02 Å². The van der Waals surface area contributed by atoms with Crippen molar-refractivity contribution >= 4 is 17.5 Å². The first-order chi connectivity index (χ1) is 12.0. The highest BCUT2D eigenvalue weighted by atomic mass is 35.5. The van der Waals surface area contributed by atoms with Gasteiger partial charge in [-0.25, -0.2) is 9.37 Å². The summed E-state index contributed by atoms with van der Waals surface area (Å²) in [6.07, 6.45) is 4.85. The van der Waals surface area contributed by atoms with Crippen molar-refractivity contribution in [3.8, 4) is 5.75 Å². The minimum Gasteiger partial charge on any atom is -0.496 e. The van der Waals surface area contributed by atoms with E-state index in [2.05, 4.69) is 4.98 Å². The minimum atomic E-state index is -0.443. The van der Waals surface area contributed by atoms with Gasteiger partial charge in [-0.3, -0.25) is 9.36 Å². The maximum absolute atomic E-state index is 14.2. The Kier molecular flexibility index (Phi) is 4.86. The van der Waals surface area contributed by atoms with Crippen molar-refractivity contribution in [1.29, 1.82) is 0 Å². The second kappa shape index (κ2) is 7.07. The highest BCUT2D eigenvalue weighted by Gasteiger charge is 2.18. The number of hydrogen-bond donors (Lipinski definition) is 0. The zero-order valence-corrected chi connectivity index (χ0v) is 14.5. The molecule has 0 fully saturated rings. The average molecular weight is 359 g/mol. The highest BCUT2D eigenvalue weighted by molar-refractivity contribution is 6.30. The van der Waals surface area contributed by atoms with Crippen LogP contribution in [-0.2, 0) is 6.42 Å². The van der Waals surface area contributed by atoms with Gasteiger partial charge in [0.2, 0.25) is 0 Å². The van der Waals surface area contributed by atoms with Gasteiger partial charge in [-0.15, -0.1) is 0 Å². The topological polar surface area (TPSA) is 44.1 Å². The van der Waals surface area contributed by atoms with E-state index in [0.717, 1.165) is 11.1 Å². The van der Waals surface area contributed by atoms with E-state index in [1.807, 2.05) is 6.92 Å². The van der Waals surface area contributed by atoms with Crippen molar-refractivity contribution in [1.82, 2.24) is 9.55 Å². The van der Waals surface area contributed by atoms with Crippen molar-refractivity contribution in [3.63, 3.8) is 0 Å². The lowest BCUT2D eigenvalue weighted by Crippen LogP contribution is -2.12. The normalized spacial score (nSPS) is 10.7. The maximum Gasteiger partial charge on any atom is 0.266 e. The van der Waals surface area contributed by atoms with Gasteiger partial charge in [0, 0.05) is 18.8 Å². The van der Waals surface area contributed by atoms with Gasteiger partial charge >= 0.3 is 0 Å². The first kappa shape index (κ1) is 17.2. The van der Waals surface area contributed by atoms with Crippen LogP contribution >= 0.6 is 11.6 Å². The fraction of sp³-hybridized carbons (Fsp3) is 0.158. The number of methoxy groups -OCH3 is 1. The van der Waals surface area contributed by atoms with Crippen molar-refractivity contribution in [2.75, 3.05) is 7.11 Å². The van der Waals surface area contributed by atoms with E-state index >= 15 is 0 Å². The van der Waals surface area contributed by atoms with Gasteiger partial charge in [0.25, 0.3) is 5.91 Å². The van der Waals surface area contributed by atoms with Crippen LogP contribution < -0.4 is 4.74 Å². The number of halogens is 2. The summed E-state index contributed by atoms with van der Waals surface area (Å²) >= 11 is 5.86. The molecule has 0 saturated carbocycles. The molecule has 0 amide bonds. The number of nitrogens with zero attached hydrogens (tertiary/aromatic N) is 2. The summed E-state index contributed by atoms with van der Waals surface area (Å²) in [5, 5.41) is 0.0818. The number of rotatable bonds is 4. The Balaban J connectivity index is 2.04. The molecule has 25 heavy (non-hydrogen) atoms. The van der Waals surface area contributed by atoms with E-state index in [1.165, 1.54) is 30.3 Å². The molecule has 0 bridgehead atoms. The number of aryl methyl sites for hydroxylation is 1. The number of benzene rings is 2. The van der Waals surface area contributed by atoms with Gasteiger partial charge < -0.3 is 4.74 Å². The van der Waals surface area contributed by atoms with Crippen LogP contribution in [0.3, 0.4) is 0 Å². The molecule has 0 saturated heterocycles. The summed E-state index contributed by atoms with van der Waals surface area (Å²) in [4.78, 5) is 16.6. The molecule has 0 spiro atoms. The summed E-state index contributed by atoms with van der Waals surface area (Å²) in [7, 11) is 1.51. The number of carbonyl (C=O) groups excluding carboxylic acids is 1. The molecule has 1 aromatic heterocycles. The predicted molar refractivity (Wildman–Crippen MR) is 93.9 cm³/mol. The molecule has 128 valence electrons. The zero-order chi connectivity index (χ0) is 18.0. The van der Waals surface area contributed by atoms with Crippen molar-refractivity contribution in [3.05, 3.63) is 82.1 Å². The molecule has 0 aliphatic heterocycles. The van der Waals surface area contributed by atoms with Gasteiger partial charge in [0.1, 0.15) is 17.9 Å². The Bertz CT molecular complexity index is 923. The first-order valence-electron chi connectivity index (χ1n) is 7.64. The first-order valence-corrected chi connectivity index (χ1v) is 8.02. The number of ether oxygens (including phenoxy) is 1. The van der Waals surface area contributed by atoms with Gasteiger partial charge in [-0.2, -0.15) is 0 Å². The lowest BCUT2D eigenvalue weighted by Gasteiger charge is -2.14. The second-order valence-corrected chi connectivity index (χ2v) is 6.05. The standard InChI is InChI=1S/C19H16ClFN2O2/c1-12-8-17(25-2)15(19(24)23-7-6-22-11-23)10-14(12)9-13-4-3-5-16(20)18(13)21/h3-8,10-11H,9H2,1-2H3. The zero-order valence-electron chi connectivity index (χ0n) is 13.8. The number of imidazole rings is 1. The van der Waals surface area contributed by atoms with Gasteiger partial charge in [-0.1, -0.05) is 23.7 Å². The molecule has 4 nitrogen and oxygen atoms in total. The Morgan fingerprint density at radius 1 is 1.32 bits per heavy atom. The van der Waals surface area contributed by atoms with Crippen molar-refractivity contribution < 1.29 is 13.9 Å². The Labute approximate surface area is 149 Å². The van der Waals surface area contributed by atoms with E-state index in [9.17, 15) is 9.18 Å². The molecule has 0 N–H and O–H groups in total. The van der Waals surface area contributed by atoms with Crippen LogP contribution in [0.4, 0.5) is 4.39 Å². The minimum absolute atomic E-state index is 0.0818. The Hall–Kier alpha value is -2.66. The maximum atomic E-state index is 14.2. The van der Waals surface area contributed by atoms with Crippen LogP contribution in [0.5, 0.6) is 5.75 Å². The Morgan fingerprint density at radius 3 is 2.80 bits per heavy atom. The lowest BCUT2D eigenvalue weighted by molar-refractivity contribution is 0.0956. The fourth-order valence-corrected chi connectivity index (χ4v) is 2.86. The average Bonchev–Trinajstić information content (AvgIpc) is 3.14. The number of aromatic nitrogens is 2. The van der Waals surface area contributed by atoms with E-state index in [1.54, 1.807) is 30.5 Å². The summed E-state index contributed by atoms with van der Waals surface area (Å²) in [6, 6.07) is 8.41. The van der Waals surface area contributed by atoms with Crippen LogP contribution in [-0.4, -0.2) is 22.6 Å². The summed E-state index contributed by atoms with van der Waals surface area (Å²) < 4.78 is 20.9.